The second kappa shape index (κ2) is 13.0. The number of benzene rings is 2. The molecular formula is C27H34N4O2S. The van der Waals surface area contributed by atoms with Crippen molar-refractivity contribution < 1.29 is 9.53 Å². The van der Waals surface area contributed by atoms with Crippen LogP contribution in [0.3, 0.4) is 0 Å². The van der Waals surface area contributed by atoms with E-state index in [1.54, 1.807) is 19.5 Å². The zero-order valence-electron chi connectivity index (χ0n) is 20.4. The molecule has 3 aromatic rings. The first-order chi connectivity index (χ1) is 16.5. The van der Waals surface area contributed by atoms with E-state index in [4.69, 9.17) is 4.74 Å². The average Bonchev–Trinajstić information content (AvgIpc) is 2.84. The second-order valence-electron chi connectivity index (χ2n) is 8.30. The van der Waals surface area contributed by atoms with Crippen molar-refractivity contribution in [3.8, 4) is 5.75 Å². The molecule has 7 heteroatoms. The van der Waals surface area contributed by atoms with Gasteiger partial charge in [-0.15, -0.1) is 0 Å². The zero-order valence-corrected chi connectivity index (χ0v) is 21.2. The summed E-state index contributed by atoms with van der Waals surface area (Å²) < 4.78 is 8.70. The Bertz CT molecular complexity index is 1060. The molecule has 0 saturated carbocycles. The molecule has 0 radical (unpaired) electrons. The van der Waals surface area contributed by atoms with Gasteiger partial charge >= 0.3 is 0 Å². The van der Waals surface area contributed by atoms with Gasteiger partial charge < -0.3 is 15.4 Å². The first kappa shape index (κ1) is 25.6. The molecule has 0 unspecified atom stereocenters. The number of aryl methyl sites for hydroxylation is 1. The van der Waals surface area contributed by atoms with Crippen molar-refractivity contribution >= 4 is 23.5 Å². The molecule has 180 valence electrons. The van der Waals surface area contributed by atoms with Gasteiger partial charge in [-0.2, -0.15) is 0 Å². The predicted octanol–water partition coefficient (Wildman–Crippen LogP) is 4.84. The van der Waals surface area contributed by atoms with Crippen molar-refractivity contribution in [1.29, 1.82) is 0 Å². The smallest absolute Gasteiger partial charge is 0.235 e. The Hall–Kier alpha value is -3.03. The van der Waals surface area contributed by atoms with Gasteiger partial charge in [-0.1, -0.05) is 30.3 Å². The first-order valence-corrected chi connectivity index (χ1v) is 12.3. The molecule has 3 rings (SSSR count). The Labute approximate surface area is 207 Å². The summed E-state index contributed by atoms with van der Waals surface area (Å²) in [6.45, 7) is 7.19. The normalized spacial score (nSPS) is 11.6. The van der Waals surface area contributed by atoms with Crippen molar-refractivity contribution in [2.24, 2.45) is 0 Å². The molecule has 0 spiro atoms. The van der Waals surface area contributed by atoms with Crippen LogP contribution in [0.25, 0.3) is 0 Å². The molecule has 34 heavy (non-hydrogen) atoms. The lowest BCUT2D eigenvalue weighted by Crippen LogP contribution is -2.41. The fourth-order valence-electron chi connectivity index (χ4n) is 3.83. The largest absolute Gasteiger partial charge is 0.496 e. The van der Waals surface area contributed by atoms with E-state index in [0.29, 0.717) is 0 Å². The third kappa shape index (κ3) is 7.50. The zero-order chi connectivity index (χ0) is 24.3. The molecule has 0 aliphatic rings. The van der Waals surface area contributed by atoms with Crippen molar-refractivity contribution in [2.75, 3.05) is 25.5 Å². The third-order valence-corrected chi connectivity index (χ3v) is 6.92. The molecule has 0 aliphatic carbocycles. The predicted molar refractivity (Wildman–Crippen MR) is 140 cm³/mol. The number of nitrogens with zero attached hydrogens (tertiary/aromatic N) is 1. The van der Waals surface area contributed by atoms with Crippen molar-refractivity contribution in [1.82, 2.24) is 15.0 Å². The van der Waals surface area contributed by atoms with Gasteiger partial charge in [0.25, 0.3) is 0 Å². The van der Waals surface area contributed by atoms with E-state index in [-0.39, 0.29) is 18.5 Å². The van der Waals surface area contributed by atoms with E-state index in [1.165, 1.54) is 23.1 Å². The molecule has 1 aromatic heterocycles. The van der Waals surface area contributed by atoms with Crippen LogP contribution in [0, 0.1) is 20.8 Å². The maximum Gasteiger partial charge on any atom is 0.235 e. The SMILES string of the molecule is COc1cc(C)c(SNCC(=O)N[C@H](CCNc2ccncc2)Cc2ccccc2)c(C)c1C. The minimum absolute atomic E-state index is 0.0159. The molecule has 0 aliphatic heterocycles. The number of carbonyl (C=O) groups is 1. The summed E-state index contributed by atoms with van der Waals surface area (Å²) >= 11 is 1.50. The minimum atomic E-state index is -0.0159. The van der Waals surface area contributed by atoms with Crippen LogP contribution in [0.4, 0.5) is 5.69 Å². The number of aromatic nitrogens is 1. The van der Waals surface area contributed by atoms with Crippen molar-refractivity contribution in [2.45, 2.75) is 44.6 Å². The number of nitrogens with one attached hydrogen (secondary N) is 3. The Morgan fingerprint density at radius 3 is 2.50 bits per heavy atom. The number of anilines is 1. The molecule has 1 heterocycles. The maximum absolute atomic E-state index is 12.8. The highest BCUT2D eigenvalue weighted by Gasteiger charge is 2.15. The lowest BCUT2D eigenvalue weighted by molar-refractivity contribution is -0.120. The van der Waals surface area contributed by atoms with Crippen LogP contribution < -0.4 is 20.1 Å². The average molecular weight is 479 g/mol. The molecule has 3 N–H and O–H groups in total. The van der Waals surface area contributed by atoms with E-state index in [9.17, 15) is 4.79 Å². The van der Waals surface area contributed by atoms with E-state index < -0.39 is 0 Å². The fourth-order valence-corrected chi connectivity index (χ4v) is 4.70. The highest BCUT2D eigenvalue weighted by atomic mass is 32.2. The van der Waals surface area contributed by atoms with Gasteiger partial charge in [-0.3, -0.25) is 14.5 Å². The van der Waals surface area contributed by atoms with E-state index >= 15 is 0 Å². The molecule has 1 atom stereocenters. The third-order valence-electron chi connectivity index (χ3n) is 5.80. The Morgan fingerprint density at radius 2 is 1.79 bits per heavy atom. The van der Waals surface area contributed by atoms with Gasteiger partial charge in [0.05, 0.1) is 13.7 Å². The van der Waals surface area contributed by atoms with E-state index in [0.717, 1.165) is 46.8 Å². The number of pyridine rings is 1. The molecule has 2 aromatic carbocycles. The minimum Gasteiger partial charge on any atom is -0.496 e. The van der Waals surface area contributed by atoms with Crippen LogP contribution in [-0.4, -0.2) is 37.1 Å². The number of amides is 1. The lowest BCUT2D eigenvalue weighted by Gasteiger charge is -2.20. The summed E-state index contributed by atoms with van der Waals surface area (Å²) in [6, 6.07) is 16.2. The van der Waals surface area contributed by atoms with E-state index in [2.05, 4.69) is 53.2 Å². The molecule has 6 nitrogen and oxygen atoms in total. The Morgan fingerprint density at radius 1 is 1.06 bits per heavy atom. The van der Waals surface area contributed by atoms with Crippen LogP contribution in [0.5, 0.6) is 5.75 Å². The molecular weight excluding hydrogens is 444 g/mol. The fraction of sp³-hybridized carbons (Fsp3) is 0.333. The Balaban J connectivity index is 1.55. The number of hydrogen-bond donors (Lipinski definition) is 3. The van der Waals surface area contributed by atoms with Crippen molar-refractivity contribution in [3.63, 3.8) is 0 Å². The topological polar surface area (TPSA) is 75.3 Å². The summed E-state index contributed by atoms with van der Waals surface area (Å²) in [5.74, 6) is 0.874. The molecule has 0 saturated heterocycles. The summed E-state index contributed by atoms with van der Waals surface area (Å²) in [7, 11) is 1.69. The van der Waals surface area contributed by atoms with Crippen LogP contribution in [0.2, 0.25) is 0 Å². The number of ether oxygens (including phenoxy) is 1. The van der Waals surface area contributed by atoms with Crippen LogP contribution in [-0.2, 0) is 11.2 Å². The van der Waals surface area contributed by atoms with Gasteiger partial charge in [0.2, 0.25) is 5.91 Å². The number of rotatable bonds is 12. The second-order valence-corrected chi connectivity index (χ2v) is 9.20. The molecule has 0 fully saturated rings. The van der Waals surface area contributed by atoms with Gasteiger partial charge in [0.15, 0.2) is 0 Å². The quantitative estimate of drug-likeness (QED) is 0.324. The summed E-state index contributed by atoms with van der Waals surface area (Å²) in [6.07, 6.45) is 5.13. The highest BCUT2D eigenvalue weighted by molar-refractivity contribution is 7.97. The van der Waals surface area contributed by atoms with Crippen LogP contribution in [0.15, 0.2) is 65.8 Å². The molecule has 1 amide bonds. The highest BCUT2D eigenvalue weighted by Crippen LogP contribution is 2.32. The number of methoxy groups -OCH3 is 1. The standard InChI is InChI=1S/C27H34N4O2S/c1-19-16-25(33-4)20(2)21(3)27(19)34-30-18-26(32)31-24(17-22-8-6-5-7-9-22)12-15-29-23-10-13-28-14-11-23/h5-11,13-14,16,24,30H,12,15,17-18H2,1-4H3,(H,28,29)(H,31,32)/t24-/m1/s1. The van der Waals surface area contributed by atoms with Crippen molar-refractivity contribution in [3.05, 3.63) is 83.2 Å². The Kier molecular flexibility index (Phi) is 9.79. The maximum atomic E-state index is 12.8. The number of carbonyl (C=O) groups excluding carboxylic acids is 1. The summed E-state index contributed by atoms with van der Waals surface area (Å²) in [5.41, 5.74) is 5.64. The lowest BCUT2D eigenvalue weighted by atomic mass is 10.0. The summed E-state index contributed by atoms with van der Waals surface area (Å²) in [5, 5.41) is 6.61. The van der Waals surface area contributed by atoms with Gasteiger partial charge in [-0.05, 0) is 86.0 Å². The monoisotopic (exact) mass is 478 g/mol. The number of hydrogen-bond acceptors (Lipinski definition) is 6. The van der Waals surface area contributed by atoms with Crippen LogP contribution >= 0.6 is 11.9 Å². The summed E-state index contributed by atoms with van der Waals surface area (Å²) in [4.78, 5) is 17.9. The van der Waals surface area contributed by atoms with E-state index in [1.807, 2.05) is 36.4 Å². The molecule has 0 bridgehead atoms. The van der Waals surface area contributed by atoms with Gasteiger partial charge in [0.1, 0.15) is 5.75 Å². The first-order valence-electron chi connectivity index (χ1n) is 11.5. The van der Waals surface area contributed by atoms with Gasteiger partial charge in [-0.25, -0.2) is 0 Å². The van der Waals surface area contributed by atoms with Crippen LogP contribution in [0.1, 0.15) is 28.7 Å². The van der Waals surface area contributed by atoms with Gasteiger partial charge in [0, 0.05) is 35.6 Å².